The van der Waals surface area contributed by atoms with Gasteiger partial charge in [-0.2, -0.15) is 13.2 Å². The van der Waals surface area contributed by atoms with Gasteiger partial charge in [0, 0.05) is 5.92 Å². The number of hydrogen-bond donors (Lipinski definition) is 0. The third kappa shape index (κ3) is 1.06. The van der Waals surface area contributed by atoms with Gasteiger partial charge in [0.15, 0.2) is 0 Å². The van der Waals surface area contributed by atoms with Gasteiger partial charge in [0.2, 0.25) is 0 Å². The van der Waals surface area contributed by atoms with Crippen LogP contribution in [0.3, 0.4) is 0 Å². The minimum atomic E-state index is -4.18. The number of halogens is 3. The standard InChI is InChI=1S/C10H9F3/c1-5-3-7-6(2)8(4-5)9(7)10(11,12)13/h3-4,6H,1-2H3. The lowest BCUT2D eigenvalue weighted by Crippen LogP contribution is -2.24. The number of benzene rings is 1. The molecule has 13 heavy (non-hydrogen) atoms. The summed E-state index contributed by atoms with van der Waals surface area (Å²) in [7, 11) is 0. The van der Waals surface area contributed by atoms with Crippen LogP contribution in [0.25, 0.3) is 0 Å². The lowest BCUT2D eigenvalue weighted by molar-refractivity contribution is -0.141. The second-order valence-electron chi connectivity index (χ2n) is 3.54. The zero-order valence-electron chi connectivity index (χ0n) is 7.37. The van der Waals surface area contributed by atoms with Crippen molar-refractivity contribution in [3.63, 3.8) is 0 Å². The first-order chi connectivity index (χ1) is 5.91. The highest BCUT2D eigenvalue weighted by Crippen LogP contribution is 2.49. The third-order valence-electron chi connectivity index (χ3n) is 2.56. The maximum absolute atomic E-state index is 12.4. The van der Waals surface area contributed by atoms with Crippen LogP contribution in [0.4, 0.5) is 13.2 Å². The molecular formula is C10H9F3. The predicted molar refractivity (Wildman–Crippen MR) is 43.7 cm³/mol. The molecule has 0 saturated carbocycles. The van der Waals surface area contributed by atoms with E-state index in [1.807, 2.05) is 6.92 Å². The van der Waals surface area contributed by atoms with Crippen molar-refractivity contribution in [3.05, 3.63) is 34.4 Å². The molecule has 2 aliphatic carbocycles. The number of hydrogen-bond acceptors (Lipinski definition) is 0. The van der Waals surface area contributed by atoms with Crippen molar-refractivity contribution >= 4 is 0 Å². The van der Waals surface area contributed by atoms with Crippen LogP contribution in [0.15, 0.2) is 12.1 Å². The number of aryl methyl sites for hydroxylation is 1. The lowest BCUT2D eigenvalue weighted by atomic mass is 9.74. The van der Waals surface area contributed by atoms with E-state index in [2.05, 4.69) is 0 Å². The monoisotopic (exact) mass is 186 g/mol. The maximum Gasteiger partial charge on any atom is 0.416 e. The molecule has 1 aromatic carbocycles. The third-order valence-corrected chi connectivity index (χ3v) is 2.56. The van der Waals surface area contributed by atoms with Crippen molar-refractivity contribution in [2.24, 2.45) is 0 Å². The van der Waals surface area contributed by atoms with Crippen LogP contribution in [0.2, 0.25) is 0 Å². The van der Waals surface area contributed by atoms with Gasteiger partial charge in [-0.15, -0.1) is 0 Å². The second kappa shape index (κ2) is 2.28. The second-order valence-corrected chi connectivity index (χ2v) is 3.54. The van der Waals surface area contributed by atoms with Crippen LogP contribution >= 0.6 is 0 Å². The van der Waals surface area contributed by atoms with Gasteiger partial charge in [0.1, 0.15) is 0 Å². The van der Waals surface area contributed by atoms with E-state index in [1.165, 1.54) is 0 Å². The Kier molecular flexibility index (Phi) is 1.51. The summed E-state index contributed by atoms with van der Waals surface area (Å²) in [6.07, 6.45) is -4.18. The highest BCUT2D eigenvalue weighted by Gasteiger charge is 2.44. The molecule has 0 amide bonds. The Hall–Kier alpha value is -0.990. The van der Waals surface area contributed by atoms with Gasteiger partial charge in [-0.3, -0.25) is 0 Å². The van der Waals surface area contributed by atoms with Crippen molar-refractivity contribution in [2.75, 3.05) is 0 Å². The average molecular weight is 186 g/mol. The molecule has 0 aliphatic heterocycles. The average Bonchev–Trinajstić information content (AvgIpc) is 2.00. The lowest BCUT2D eigenvalue weighted by Gasteiger charge is -2.32. The molecule has 0 heterocycles. The van der Waals surface area contributed by atoms with E-state index in [0.29, 0.717) is 11.1 Å². The van der Waals surface area contributed by atoms with E-state index in [9.17, 15) is 13.2 Å². The molecular weight excluding hydrogens is 177 g/mol. The maximum atomic E-state index is 12.4. The van der Waals surface area contributed by atoms with Crippen LogP contribution in [-0.4, -0.2) is 0 Å². The fourth-order valence-corrected chi connectivity index (χ4v) is 1.94. The molecule has 0 N–H and O–H groups in total. The van der Waals surface area contributed by atoms with E-state index < -0.39 is 11.7 Å². The number of fused-ring (bicyclic) bond motifs is 2. The fourth-order valence-electron chi connectivity index (χ4n) is 1.94. The first-order valence-electron chi connectivity index (χ1n) is 4.13. The van der Waals surface area contributed by atoms with E-state index in [-0.39, 0.29) is 5.92 Å². The quantitative estimate of drug-likeness (QED) is 0.581. The van der Waals surface area contributed by atoms with Gasteiger partial charge < -0.3 is 0 Å². The molecule has 0 radical (unpaired) electrons. The Bertz CT molecular complexity index is 338. The van der Waals surface area contributed by atoms with Crippen molar-refractivity contribution in [1.82, 2.24) is 0 Å². The topological polar surface area (TPSA) is 0 Å². The summed E-state index contributed by atoms with van der Waals surface area (Å²) in [5, 5.41) is 0. The van der Waals surface area contributed by atoms with Gasteiger partial charge >= 0.3 is 6.18 Å². The smallest absolute Gasteiger partial charge is 0.166 e. The summed E-state index contributed by atoms with van der Waals surface area (Å²) in [5.41, 5.74) is 1.40. The molecule has 1 aromatic rings. The molecule has 2 aliphatic rings. The van der Waals surface area contributed by atoms with Crippen LogP contribution in [0.5, 0.6) is 0 Å². The van der Waals surface area contributed by atoms with Gasteiger partial charge in [-0.25, -0.2) is 0 Å². The summed E-state index contributed by atoms with van der Waals surface area (Å²) < 4.78 is 37.2. The molecule has 0 atom stereocenters. The van der Waals surface area contributed by atoms with Crippen molar-refractivity contribution in [1.29, 1.82) is 0 Å². The Labute approximate surface area is 74.4 Å². The largest absolute Gasteiger partial charge is 0.416 e. The van der Waals surface area contributed by atoms with Crippen LogP contribution in [0, 0.1) is 6.92 Å². The Morgan fingerprint density at radius 1 is 1.15 bits per heavy atom. The number of alkyl halides is 3. The first kappa shape index (κ1) is 8.60. The van der Waals surface area contributed by atoms with E-state index >= 15 is 0 Å². The van der Waals surface area contributed by atoms with Gasteiger partial charge in [0.05, 0.1) is 5.56 Å². The minimum absolute atomic E-state index is 0.0275. The molecule has 0 nitrogen and oxygen atoms in total. The van der Waals surface area contributed by atoms with E-state index in [1.54, 1.807) is 19.1 Å². The molecule has 0 fully saturated rings. The molecule has 0 unspecified atom stereocenters. The van der Waals surface area contributed by atoms with E-state index in [0.717, 1.165) is 5.56 Å². The SMILES string of the molecule is Cc1cc2c(C(F)(F)F)c(c1)C2C. The summed E-state index contributed by atoms with van der Waals surface area (Å²) >= 11 is 0. The van der Waals surface area contributed by atoms with Gasteiger partial charge in [-0.05, 0) is 18.1 Å². The molecule has 0 aromatic heterocycles. The molecule has 3 rings (SSSR count). The highest BCUT2D eigenvalue weighted by molar-refractivity contribution is 5.56. The molecule has 3 heteroatoms. The van der Waals surface area contributed by atoms with Gasteiger partial charge in [0.25, 0.3) is 0 Å². The fraction of sp³-hybridized carbons (Fsp3) is 0.400. The van der Waals surface area contributed by atoms with Crippen molar-refractivity contribution < 1.29 is 13.2 Å². The van der Waals surface area contributed by atoms with Crippen molar-refractivity contribution in [2.45, 2.75) is 25.9 Å². The first-order valence-corrected chi connectivity index (χ1v) is 4.13. The Morgan fingerprint density at radius 2 is 1.62 bits per heavy atom. The van der Waals surface area contributed by atoms with Crippen LogP contribution in [0.1, 0.15) is 35.1 Å². The summed E-state index contributed by atoms with van der Waals surface area (Å²) in [6.45, 7) is 3.62. The molecule has 0 spiro atoms. The molecule has 0 saturated heterocycles. The van der Waals surface area contributed by atoms with Crippen molar-refractivity contribution in [3.8, 4) is 0 Å². The van der Waals surface area contributed by atoms with E-state index in [4.69, 9.17) is 0 Å². The predicted octanol–water partition coefficient (Wildman–Crippen LogP) is 3.48. The zero-order chi connectivity index (χ0) is 9.80. The Morgan fingerprint density at radius 3 is 2.00 bits per heavy atom. The Balaban J connectivity index is 2.57. The van der Waals surface area contributed by atoms with Crippen LogP contribution < -0.4 is 0 Å². The van der Waals surface area contributed by atoms with Crippen LogP contribution in [-0.2, 0) is 6.18 Å². The summed E-state index contributed by atoms with van der Waals surface area (Å²) in [6, 6.07) is 3.25. The number of rotatable bonds is 0. The highest BCUT2D eigenvalue weighted by atomic mass is 19.4. The normalized spacial score (nSPS) is 15.8. The molecule has 70 valence electrons. The molecule has 2 bridgehead atoms. The van der Waals surface area contributed by atoms with Gasteiger partial charge in [-0.1, -0.05) is 24.6 Å². The zero-order valence-corrected chi connectivity index (χ0v) is 7.37. The summed E-state index contributed by atoms with van der Waals surface area (Å²) in [4.78, 5) is 0. The summed E-state index contributed by atoms with van der Waals surface area (Å²) in [5.74, 6) is -0.0275. The minimum Gasteiger partial charge on any atom is -0.166 e.